The van der Waals surface area contributed by atoms with E-state index in [-0.39, 0.29) is 0 Å². The second-order valence-corrected chi connectivity index (χ2v) is 6.73. The maximum atomic E-state index is 6.03. The second-order valence-electron chi connectivity index (χ2n) is 5.88. The summed E-state index contributed by atoms with van der Waals surface area (Å²) in [6.07, 6.45) is 8.46. The lowest BCUT2D eigenvalue weighted by Gasteiger charge is -2.30. The van der Waals surface area contributed by atoms with Crippen LogP contribution in [0.4, 0.5) is 5.82 Å². The smallest absolute Gasteiger partial charge is 0.134 e. The van der Waals surface area contributed by atoms with Crippen molar-refractivity contribution in [2.75, 3.05) is 11.9 Å². The number of nitrogens with zero attached hydrogens (tertiary/aromatic N) is 1. The van der Waals surface area contributed by atoms with Crippen molar-refractivity contribution in [3.63, 3.8) is 0 Å². The average Bonchev–Trinajstić information content (AvgIpc) is 2.54. The standard InChI is InChI=1S/C17H22BrN3/c18-15-8-4-7-14-13(15)9-10-20-17(14)21-16(11-19)12-5-2-1-3-6-12/h4,7-10,12,16H,1-3,5-6,11,19H2,(H,20,21). The molecule has 3 nitrogen and oxygen atoms in total. The number of nitrogens with one attached hydrogen (secondary N) is 1. The van der Waals surface area contributed by atoms with Crippen LogP contribution in [0, 0.1) is 5.92 Å². The van der Waals surface area contributed by atoms with Crippen LogP contribution in [0.25, 0.3) is 10.8 Å². The molecule has 0 spiro atoms. The zero-order valence-electron chi connectivity index (χ0n) is 12.2. The molecule has 1 fully saturated rings. The Morgan fingerprint density at radius 3 is 2.76 bits per heavy atom. The van der Waals surface area contributed by atoms with Gasteiger partial charge in [-0.2, -0.15) is 0 Å². The van der Waals surface area contributed by atoms with Crippen molar-refractivity contribution >= 4 is 32.5 Å². The number of hydrogen-bond acceptors (Lipinski definition) is 3. The quantitative estimate of drug-likeness (QED) is 0.865. The van der Waals surface area contributed by atoms with Crippen LogP contribution in [-0.2, 0) is 0 Å². The van der Waals surface area contributed by atoms with Crippen LogP contribution < -0.4 is 11.1 Å². The Morgan fingerprint density at radius 2 is 2.00 bits per heavy atom. The Morgan fingerprint density at radius 1 is 1.19 bits per heavy atom. The highest BCUT2D eigenvalue weighted by molar-refractivity contribution is 9.10. The first kappa shape index (κ1) is 14.8. The van der Waals surface area contributed by atoms with Gasteiger partial charge < -0.3 is 11.1 Å². The summed E-state index contributed by atoms with van der Waals surface area (Å²) in [6.45, 7) is 0.663. The van der Waals surface area contributed by atoms with Crippen LogP contribution in [0.3, 0.4) is 0 Å². The lowest BCUT2D eigenvalue weighted by molar-refractivity contribution is 0.320. The van der Waals surface area contributed by atoms with Crippen molar-refractivity contribution < 1.29 is 0 Å². The summed E-state index contributed by atoms with van der Waals surface area (Å²) in [5, 5.41) is 5.95. The third-order valence-corrected chi connectivity index (χ3v) is 5.24. The normalized spacial score (nSPS) is 17.8. The molecule has 1 aromatic carbocycles. The van der Waals surface area contributed by atoms with E-state index in [1.165, 1.54) is 37.5 Å². The molecule has 0 amide bonds. The van der Waals surface area contributed by atoms with E-state index in [1.807, 2.05) is 12.3 Å². The molecule has 4 heteroatoms. The monoisotopic (exact) mass is 347 g/mol. The third-order valence-electron chi connectivity index (χ3n) is 4.55. The molecule has 1 saturated carbocycles. The van der Waals surface area contributed by atoms with Crippen LogP contribution >= 0.6 is 15.9 Å². The molecule has 21 heavy (non-hydrogen) atoms. The number of halogens is 1. The minimum absolute atomic E-state index is 0.322. The SMILES string of the molecule is NCC(Nc1nccc2c(Br)cccc12)C1CCCCC1. The van der Waals surface area contributed by atoms with E-state index in [2.05, 4.69) is 44.4 Å². The van der Waals surface area contributed by atoms with Gasteiger partial charge >= 0.3 is 0 Å². The Bertz CT molecular complexity index is 608. The summed E-state index contributed by atoms with van der Waals surface area (Å²) in [7, 11) is 0. The predicted molar refractivity (Wildman–Crippen MR) is 92.5 cm³/mol. The first-order valence-corrected chi connectivity index (χ1v) is 8.58. The van der Waals surface area contributed by atoms with Crippen LogP contribution in [0.2, 0.25) is 0 Å². The van der Waals surface area contributed by atoms with E-state index in [9.17, 15) is 0 Å². The van der Waals surface area contributed by atoms with Gasteiger partial charge in [0.1, 0.15) is 5.82 Å². The van der Waals surface area contributed by atoms with Gasteiger partial charge in [0, 0.05) is 34.0 Å². The molecular formula is C17H22BrN3. The molecule has 3 rings (SSSR count). The van der Waals surface area contributed by atoms with Crippen molar-refractivity contribution in [1.29, 1.82) is 0 Å². The van der Waals surface area contributed by atoms with Crippen LogP contribution in [0.1, 0.15) is 32.1 Å². The fourth-order valence-corrected chi connectivity index (χ4v) is 3.86. The highest BCUT2D eigenvalue weighted by atomic mass is 79.9. The maximum Gasteiger partial charge on any atom is 0.134 e. The number of anilines is 1. The first-order valence-electron chi connectivity index (χ1n) is 7.79. The van der Waals surface area contributed by atoms with E-state index < -0.39 is 0 Å². The lowest BCUT2D eigenvalue weighted by atomic mass is 9.84. The molecule has 0 bridgehead atoms. The highest BCUT2D eigenvalue weighted by Crippen LogP contribution is 2.31. The van der Waals surface area contributed by atoms with Gasteiger partial charge in [0.25, 0.3) is 0 Å². The van der Waals surface area contributed by atoms with Crippen molar-refractivity contribution in [1.82, 2.24) is 4.98 Å². The van der Waals surface area contributed by atoms with Crippen LogP contribution in [-0.4, -0.2) is 17.6 Å². The van der Waals surface area contributed by atoms with Crippen molar-refractivity contribution in [3.05, 3.63) is 34.9 Å². The summed E-state index contributed by atoms with van der Waals surface area (Å²) < 4.78 is 1.10. The van der Waals surface area contributed by atoms with E-state index >= 15 is 0 Å². The summed E-state index contributed by atoms with van der Waals surface area (Å²) >= 11 is 3.61. The van der Waals surface area contributed by atoms with Gasteiger partial charge in [0.15, 0.2) is 0 Å². The maximum absolute atomic E-state index is 6.03. The van der Waals surface area contributed by atoms with E-state index in [0.29, 0.717) is 18.5 Å². The minimum Gasteiger partial charge on any atom is -0.365 e. The molecule has 2 aromatic rings. The van der Waals surface area contributed by atoms with Gasteiger partial charge in [-0.1, -0.05) is 47.3 Å². The Balaban J connectivity index is 1.87. The number of pyridine rings is 1. The molecule has 1 unspecified atom stereocenters. The predicted octanol–water partition coefficient (Wildman–Crippen LogP) is 4.32. The summed E-state index contributed by atoms with van der Waals surface area (Å²) in [5.74, 6) is 1.63. The number of hydrogen-bond donors (Lipinski definition) is 2. The van der Waals surface area contributed by atoms with Gasteiger partial charge in [-0.15, -0.1) is 0 Å². The van der Waals surface area contributed by atoms with Gasteiger partial charge in [-0.05, 0) is 30.9 Å². The van der Waals surface area contributed by atoms with Gasteiger partial charge in [-0.25, -0.2) is 4.98 Å². The summed E-state index contributed by atoms with van der Waals surface area (Å²) in [5.41, 5.74) is 6.03. The summed E-state index contributed by atoms with van der Waals surface area (Å²) in [4.78, 5) is 4.54. The third kappa shape index (κ3) is 3.22. The Hall–Kier alpha value is -1.13. The average molecular weight is 348 g/mol. The number of fused-ring (bicyclic) bond motifs is 1. The summed E-state index contributed by atoms with van der Waals surface area (Å²) in [6, 6.07) is 8.60. The fourth-order valence-electron chi connectivity index (χ4n) is 3.37. The van der Waals surface area contributed by atoms with Crippen LogP contribution in [0.15, 0.2) is 34.9 Å². The minimum atomic E-state index is 0.322. The zero-order valence-corrected chi connectivity index (χ0v) is 13.8. The van der Waals surface area contributed by atoms with E-state index in [1.54, 1.807) is 0 Å². The fraction of sp³-hybridized carbons (Fsp3) is 0.471. The van der Waals surface area contributed by atoms with Gasteiger partial charge in [0.05, 0.1) is 0 Å². The van der Waals surface area contributed by atoms with Crippen molar-refractivity contribution in [3.8, 4) is 0 Å². The number of benzene rings is 1. The van der Waals surface area contributed by atoms with Crippen molar-refractivity contribution in [2.45, 2.75) is 38.1 Å². The molecule has 0 saturated heterocycles. The molecule has 1 aliphatic rings. The molecule has 1 aliphatic carbocycles. The topological polar surface area (TPSA) is 50.9 Å². The Labute approximate surface area is 134 Å². The molecule has 1 heterocycles. The largest absolute Gasteiger partial charge is 0.365 e. The number of rotatable bonds is 4. The molecule has 1 aromatic heterocycles. The molecule has 1 atom stereocenters. The van der Waals surface area contributed by atoms with Gasteiger partial charge in [-0.3, -0.25) is 0 Å². The Kier molecular flexibility index (Phi) is 4.76. The molecule has 3 N–H and O–H groups in total. The number of nitrogens with two attached hydrogens (primary N) is 1. The van der Waals surface area contributed by atoms with Crippen LogP contribution in [0.5, 0.6) is 0 Å². The van der Waals surface area contributed by atoms with E-state index in [0.717, 1.165) is 15.7 Å². The highest BCUT2D eigenvalue weighted by Gasteiger charge is 2.23. The molecule has 0 aliphatic heterocycles. The van der Waals surface area contributed by atoms with E-state index in [4.69, 9.17) is 5.73 Å². The van der Waals surface area contributed by atoms with Gasteiger partial charge in [0.2, 0.25) is 0 Å². The zero-order chi connectivity index (χ0) is 14.7. The molecular weight excluding hydrogens is 326 g/mol. The van der Waals surface area contributed by atoms with Crippen molar-refractivity contribution in [2.24, 2.45) is 11.7 Å². The lowest BCUT2D eigenvalue weighted by Crippen LogP contribution is -2.37. The second kappa shape index (κ2) is 6.75. The number of aromatic nitrogens is 1. The molecule has 0 radical (unpaired) electrons. The first-order chi connectivity index (χ1) is 10.3. The molecule has 112 valence electrons.